The van der Waals surface area contributed by atoms with E-state index in [1.807, 2.05) is 0 Å². The minimum atomic E-state index is -1.09. The van der Waals surface area contributed by atoms with Gasteiger partial charge in [-0.25, -0.2) is 13.6 Å². The molecule has 0 unspecified atom stereocenters. The summed E-state index contributed by atoms with van der Waals surface area (Å²) in [5.74, 6) is -1.89. The molecule has 0 bridgehead atoms. The first-order valence-electron chi connectivity index (χ1n) is 5.43. The Labute approximate surface area is 107 Å². The number of carbonyl (C=O) groups is 1. The summed E-state index contributed by atoms with van der Waals surface area (Å²) >= 11 is 0. The van der Waals surface area contributed by atoms with Gasteiger partial charge < -0.3 is 9.52 Å². The zero-order valence-electron chi connectivity index (χ0n) is 9.98. The summed E-state index contributed by atoms with van der Waals surface area (Å²) in [5, 5.41) is 8.62. The second-order valence-electron chi connectivity index (χ2n) is 3.99. The van der Waals surface area contributed by atoms with Gasteiger partial charge in [0, 0.05) is 17.7 Å². The number of halogens is 2. The molecular formula is C14H10F2O3. The zero-order valence-corrected chi connectivity index (χ0v) is 9.98. The van der Waals surface area contributed by atoms with E-state index in [1.54, 1.807) is 13.0 Å². The number of carboxylic acids is 1. The highest BCUT2D eigenvalue weighted by molar-refractivity contribution is 5.88. The van der Waals surface area contributed by atoms with Gasteiger partial charge in [0.25, 0.3) is 0 Å². The van der Waals surface area contributed by atoms with Crippen LogP contribution in [0, 0.1) is 11.6 Å². The second-order valence-corrected chi connectivity index (χ2v) is 3.99. The fourth-order valence-corrected chi connectivity index (χ4v) is 1.66. The average molecular weight is 264 g/mol. The number of allylic oxidation sites excluding steroid dienone is 1. The van der Waals surface area contributed by atoms with Gasteiger partial charge in [-0.1, -0.05) is 0 Å². The minimum Gasteiger partial charge on any atom is -0.478 e. The van der Waals surface area contributed by atoms with Crippen molar-refractivity contribution in [1.82, 2.24) is 0 Å². The minimum absolute atomic E-state index is 0.256. The van der Waals surface area contributed by atoms with Gasteiger partial charge >= 0.3 is 5.97 Å². The third-order valence-corrected chi connectivity index (χ3v) is 2.48. The Kier molecular flexibility index (Phi) is 3.46. The van der Waals surface area contributed by atoms with Crippen molar-refractivity contribution in [3.05, 3.63) is 53.8 Å². The average Bonchev–Trinajstić information content (AvgIpc) is 2.75. The van der Waals surface area contributed by atoms with Gasteiger partial charge in [-0.3, -0.25) is 0 Å². The van der Waals surface area contributed by atoms with Crippen LogP contribution in [0.15, 0.2) is 40.8 Å². The fourth-order valence-electron chi connectivity index (χ4n) is 1.66. The Bertz CT molecular complexity index is 636. The molecule has 0 amide bonds. The molecule has 0 aliphatic heterocycles. The summed E-state index contributed by atoms with van der Waals surface area (Å²) < 4.78 is 31.5. The molecule has 0 radical (unpaired) electrons. The number of aliphatic carboxylic acids is 1. The maximum Gasteiger partial charge on any atom is 0.328 e. The van der Waals surface area contributed by atoms with E-state index in [1.165, 1.54) is 6.07 Å². The normalized spacial score (nSPS) is 11.6. The highest BCUT2D eigenvalue weighted by Gasteiger charge is 2.09. The smallest absolute Gasteiger partial charge is 0.328 e. The standard InChI is InChI=1S/C14H10F2O3/c1-8(4-14(17)18)12-2-3-13(19-12)9-5-10(15)7-11(16)6-9/h2-7H,1H3,(H,17,18)/b8-4+. The quantitative estimate of drug-likeness (QED) is 0.860. The van der Waals surface area contributed by atoms with Crippen molar-refractivity contribution < 1.29 is 23.1 Å². The van der Waals surface area contributed by atoms with Gasteiger partial charge in [0.15, 0.2) is 0 Å². The molecule has 0 saturated carbocycles. The van der Waals surface area contributed by atoms with Crippen molar-refractivity contribution in [1.29, 1.82) is 0 Å². The van der Waals surface area contributed by atoms with Crippen molar-refractivity contribution in [2.45, 2.75) is 6.92 Å². The van der Waals surface area contributed by atoms with Crippen LogP contribution in [0.4, 0.5) is 8.78 Å². The predicted molar refractivity (Wildman–Crippen MR) is 65.3 cm³/mol. The van der Waals surface area contributed by atoms with Crippen molar-refractivity contribution in [3.63, 3.8) is 0 Å². The first kappa shape index (κ1) is 13.0. The number of hydrogen-bond donors (Lipinski definition) is 1. The van der Waals surface area contributed by atoms with Crippen LogP contribution >= 0.6 is 0 Å². The van der Waals surface area contributed by atoms with Crippen LogP contribution in [0.25, 0.3) is 16.9 Å². The summed E-state index contributed by atoms with van der Waals surface area (Å²) in [7, 11) is 0. The van der Waals surface area contributed by atoms with Gasteiger partial charge in [0.1, 0.15) is 23.2 Å². The SMILES string of the molecule is C/C(=C\C(=O)O)c1ccc(-c2cc(F)cc(F)c2)o1. The van der Waals surface area contributed by atoms with Crippen LogP contribution in [0.2, 0.25) is 0 Å². The molecular weight excluding hydrogens is 254 g/mol. The molecule has 0 atom stereocenters. The Balaban J connectivity index is 2.38. The largest absolute Gasteiger partial charge is 0.478 e. The summed E-state index contributed by atoms with van der Waals surface area (Å²) in [6, 6.07) is 6.13. The molecule has 1 heterocycles. The second kappa shape index (κ2) is 5.06. The molecule has 0 saturated heterocycles. The molecule has 0 aliphatic rings. The molecule has 2 aromatic rings. The topological polar surface area (TPSA) is 50.4 Å². The lowest BCUT2D eigenvalue weighted by Crippen LogP contribution is -1.88. The van der Waals surface area contributed by atoms with Crippen LogP contribution in [-0.2, 0) is 4.79 Å². The van der Waals surface area contributed by atoms with Crippen molar-refractivity contribution in [2.75, 3.05) is 0 Å². The molecule has 0 spiro atoms. The van der Waals surface area contributed by atoms with Crippen molar-refractivity contribution in [2.24, 2.45) is 0 Å². The molecule has 1 aromatic heterocycles. The molecule has 2 rings (SSSR count). The summed E-state index contributed by atoms with van der Waals surface area (Å²) in [6.07, 6.45) is 0.995. The van der Waals surface area contributed by atoms with E-state index < -0.39 is 17.6 Å². The van der Waals surface area contributed by atoms with Gasteiger partial charge in [-0.15, -0.1) is 0 Å². The molecule has 98 valence electrons. The summed E-state index contributed by atoms with van der Waals surface area (Å²) in [6.45, 7) is 1.57. The first-order valence-corrected chi connectivity index (χ1v) is 5.43. The molecule has 1 aromatic carbocycles. The summed E-state index contributed by atoms with van der Waals surface area (Å²) in [4.78, 5) is 10.5. The van der Waals surface area contributed by atoms with E-state index in [-0.39, 0.29) is 11.3 Å². The van der Waals surface area contributed by atoms with Gasteiger partial charge in [-0.2, -0.15) is 0 Å². The monoisotopic (exact) mass is 264 g/mol. The number of benzene rings is 1. The van der Waals surface area contributed by atoms with E-state index in [0.29, 0.717) is 11.3 Å². The summed E-state index contributed by atoms with van der Waals surface area (Å²) in [5.41, 5.74) is 0.669. The van der Waals surface area contributed by atoms with Crippen LogP contribution in [0.1, 0.15) is 12.7 Å². The van der Waals surface area contributed by atoms with Gasteiger partial charge in [0.2, 0.25) is 0 Å². The molecule has 3 nitrogen and oxygen atoms in total. The fraction of sp³-hybridized carbons (Fsp3) is 0.0714. The lowest BCUT2D eigenvalue weighted by molar-refractivity contribution is -0.131. The highest BCUT2D eigenvalue weighted by Crippen LogP contribution is 2.26. The van der Waals surface area contributed by atoms with Gasteiger partial charge in [0.05, 0.1) is 0 Å². The Morgan fingerprint density at radius 1 is 1.21 bits per heavy atom. The lowest BCUT2D eigenvalue weighted by atomic mass is 10.1. The Morgan fingerprint density at radius 3 is 2.42 bits per heavy atom. The third kappa shape index (κ3) is 3.07. The number of furan rings is 1. The van der Waals surface area contributed by atoms with Gasteiger partial charge in [-0.05, 0) is 36.8 Å². The maximum atomic E-state index is 13.1. The van der Waals surface area contributed by atoms with Crippen molar-refractivity contribution in [3.8, 4) is 11.3 Å². The third-order valence-electron chi connectivity index (χ3n) is 2.48. The van der Waals surface area contributed by atoms with Crippen LogP contribution in [-0.4, -0.2) is 11.1 Å². The van der Waals surface area contributed by atoms with Crippen LogP contribution < -0.4 is 0 Å². The highest BCUT2D eigenvalue weighted by atomic mass is 19.1. The number of rotatable bonds is 3. The Hall–Kier alpha value is -2.43. The van der Waals surface area contributed by atoms with E-state index >= 15 is 0 Å². The molecule has 19 heavy (non-hydrogen) atoms. The van der Waals surface area contributed by atoms with E-state index in [0.717, 1.165) is 24.3 Å². The Morgan fingerprint density at radius 2 is 1.84 bits per heavy atom. The van der Waals surface area contributed by atoms with Crippen LogP contribution in [0.5, 0.6) is 0 Å². The molecule has 0 fully saturated rings. The lowest BCUT2D eigenvalue weighted by Gasteiger charge is -1.99. The van der Waals surface area contributed by atoms with E-state index in [9.17, 15) is 13.6 Å². The van der Waals surface area contributed by atoms with Crippen LogP contribution in [0.3, 0.4) is 0 Å². The van der Waals surface area contributed by atoms with E-state index in [2.05, 4.69) is 0 Å². The predicted octanol–water partition coefficient (Wildman–Crippen LogP) is 3.71. The molecule has 1 N–H and O–H groups in total. The van der Waals surface area contributed by atoms with E-state index in [4.69, 9.17) is 9.52 Å². The maximum absolute atomic E-state index is 13.1. The first-order chi connectivity index (χ1) is 8.95. The molecule has 5 heteroatoms. The number of hydrogen-bond acceptors (Lipinski definition) is 2. The number of carboxylic acid groups (broad SMARTS) is 1. The molecule has 0 aliphatic carbocycles. The zero-order chi connectivity index (χ0) is 14.0. The van der Waals surface area contributed by atoms with Crippen molar-refractivity contribution >= 4 is 11.5 Å².